The van der Waals surface area contributed by atoms with Crippen molar-refractivity contribution in [1.29, 1.82) is 0 Å². The summed E-state index contributed by atoms with van der Waals surface area (Å²) in [6.45, 7) is 7.18. The molecule has 0 radical (unpaired) electrons. The zero-order valence-electron chi connectivity index (χ0n) is 9.95. The number of amides is 1. The van der Waals surface area contributed by atoms with E-state index in [4.69, 9.17) is 4.74 Å². The molecular formula is C12H21NO2. The molecule has 0 aliphatic carbocycles. The molecule has 3 heteroatoms. The summed E-state index contributed by atoms with van der Waals surface area (Å²) in [5, 5.41) is 0. The summed E-state index contributed by atoms with van der Waals surface area (Å²) in [6, 6.07) is 0.290. The highest BCUT2D eigenvalue weighted by Crippen LogP contribution is 2.41. The predicted molar refractivity (Wildman–Crippen MR) is 58.3 cm³/mol. The topological polar surface area (TPSA) is 29.5 Å². The molecular weight excluding hydrogens is 190 g/mol. The predicted octanol–water partition coefficient (Wildman–Crippen LogP) is 2.16. The van der Waals surface area contributed by atoms with Gasteiger partial charge in [0.1, 0.15) is 5.72 Å². The summed E-state index contributed by atoms with van der Waals surface area (Å²) in [7, 11) is 0. The molecule has 0 unspecified atom stereocenters. The van der Waals surface area contributed by atoms with Crippen molar-refractivity contribution in [3.63, 3.8) is 0 Å². The van der Waals surface area contributed by atoms with Gasteiger partial charge in [-0.25, -0.2) is 0 Å². The highest BCUT2D eigenvalue weighted by molar-refractivity contribution is 5.78. The molecule has 1 amide bonds. The molecule has 0 N–H and O–H groups in total. The maximum atomic E-state index is 12.0. The van der Waals surface area contributed by atoms with Gasteiger partial charge in [0.25, 0.3) is 0 Å². The Morgan fingerprint density at radius 2 is 2.33 bits per heavy atom. The van der Waals surface area contributed by atoms with Crippen molar-refractivity contribution in [3.8, 4) is 0 Å². The van der Waals surface area contributed by atoms with E-state index in [-0.39, 0.29) is 11.8 Å². The van der Waals surface area contributed by atoms with E-state index in [9.17, 15) is 4.79 Å². The molecule has 2 atom stereocenters. The molecule has 2 aliphatic rings. The van der Waals surface area contributed by atoms with Crippen molar-refractivity contribution in [2.75, 3.05) is 6.61 Å². The minimum absolute atomic E-state index is 0.260. The Balaban J connectivity index is 2.27. The number of carbonyl (C=O) groups is 1. The maximum absolute atomic E-state index is 12.0. The summed E-state index contributed by atoms with van der Waals surface area (Å²) in [5.74, 6) is 0.778. The summed E-state index contributed by atoms with van der Waals surface area (Å²) in [4.78, 5) is 14.0. The van der Waals surface area contributed by atoms with Crippen molar-refractivity contribution in [1.82, 2.24) is 4.90 Å². The van der Waals surface area contributed by atoms with Gasteiger partial charge < -0.3 is 9.64 Å². The third-order valence-corrected chi connectivity index (χ3v) is 3.84. The highest BCUT2D eigenvalue weighted by Gasteiger charge is 2.51. The van der Waals surface area contributed by atoms with E-state index in [1.165, 1.54) is 0 Å². The summed E-state index contributed by atoms with van der Waals surface area (Å²) >= 11 is 0. The minimum atomic E-state index is -0.260. The third-order valence-electron chi connectivity index (χ3n) is 3.84. The molecule has 0 aromatic carbocycles. The van der Waals surface area contributed by atoms with Gasteiger partial charge in [0.2, 0.25) is 5.91 Å². The van der Waals surface area contributed by atoms with E-state index >= 15 is 0 Å². The fourth-order valence-electron chi connectivity index (χ4n) is 2.87. The lowest BCUT2D eigenvalue weighted by molar-refractivity contribution is -0.162. The second kappa shape index (κ2) is 3.78. The first-order valence-corrected chi connectivity index (χ1v) is 6.07. The molecule has 0 spiro atoms. The maximum Gasteiger partial charge on any atom is 0.225 e. The van der Waals surface area contributed by atoms with E-state index in [0.717, 1.165) is 25.9 Å². The number of rotatable bonds is 2. The van der Waals surface area contributed by atoms with Crippen LogP contribution in [0.3, 0.4) is 0 Å². The fraction of sp³-hybridized carbons (Fsp3) is 0.917. The van der Waals surface area contributed by atoms with Crippen LogP contribution >= 0.6 is 0 Å². The van der Waals surface area contributed by atoms with Gasteiger partial charge in [-0.3, -0.25) is 4.79 Å². The Morgan fingerprint density at radius 3 is 2.93 bits per heavy atom. The van der Waals surface area contributed by atoms with Crippen molar-refractivity contribution in [2.24, 2.45) is 5.92 Å². The summed E-state index contributed by atoms with van der Waals surface area (Å²) in [5.41, 5.74) is -0.260. The molecule has 0 bridgehead atoms. The number of nitrogens with zero attached hydrogens (tertiary/aromatic N) is 1. The first-order valence-electron chi connectivity index (χ1n) is 6.07. The second-order valence-electron chi connectivity index (χ2n) is 5.04. The molecule has 2 saturated heterocycles. The SMILES string of the molecule is CC[C@@]12CCCC(=O)N1[C@@H](C(C)C)CO2. The van der Waals surface area contributed by atoms with E-state index in [2.05, 4.69) is 20.8 Å². The molecule has 2 aliphatic heterocycles. The van der Waals surface area contributed by atoms with Crippen LogP contribution in [0.4, 0.5) is 0 Å². The van der Waals surface area contributed by atoms with E-state index in [1.54, 1.807) is 0 Å². The van der Waals surface area contributed by atoms with Crippen LogP contribution in [0.15, 0.2) is 0 Å². The van der Waals surface area contributed by atoms with Crippen LogP contribution in [0.5, 0.6) is 0 Å². The molecule has 2 fully saturated rings. The number of ether oxygens (including phenoxy) is 1. The zero-order chi connectivity index (χ0) is 11.1. The Bertz CT molecular complexity index is 264. The molecule has 3 nitrogen and oxygen atoms in total. The van der Waals surface area contributed by atoms with Crippen LogP contribution in [-0.4, -0.2) is 29.2 Å². The number of hydrogen-bond donors (Lipinski definition) is 0. The van der Waals surface area contributed by atoms with Gasteiger partial charge in [-0.15, -0.1) is 0 Å². The molecule has 0 aromatic rings. The average molecular weight is 211 g/mol. The van der Waals surface area contributed by atoms with Gasteiger partial charge in [-0.05, 0) is 25.2 Å². The smallest absolute Gasteiger partial charge is 0.225 e. The Labute approximate surface area is 91.8 Å². The standard InChI is InChI=1S/C12H21NO2/c1-4-12-7-5-6-11(14)13(12)10(8-15-12)9(2)3/h9-10H,4-8H2,1-3H3/t10-,12-/m1/s1. The Morgan fingerprint density at radius 1 is 1.60 bits per heavy atom. The van der Waals surface area contributed by atoms with Crippen LogP contribution < -0.4 is 0 Å². The van der Waals surface area contributed by atoms with Crippen LogP contribution in [0, 0.1) is 5.92 Å². The van der Waals surface area contributed by atoms with E-state index in [0.29, 0.717) is 18.2 Å². The normalized spacial score (nSPS) is 36.1. The lowest BCUT2D eigenvalue weighted by Crippen LogP contribution is -2.54. The van der Waals surface area contributed by atoms with Crippen LogP contribution in [-0.2, 0) is 9.53 Å². The van der Waals surface area contributed by atoms with Gasteiger partial charge in [0.05, 0.1) is 12.6 Å². The molecule has 15 heavy (non-hydrogen) atoms. The van der Waals surface area contributed by atoms with Crippen molar-refractivity contribution in [3.05, 3.63) is 0 Å². The van der Waals surface area contributed by atoms with Gasteiger partial charge in [0, 0.05) is 6.42 Å². The lowest BCUT2D eigenvalue weighted by atomic mass is 9.92. The minimum Gasteiger partial charge on any atom is -0.353 e. The quantitative estimate of drug-likeness (QED) is 0.700. The molecule has 2 rings (SSSR count). The number of carbonyl (C=O) groups excluding carboxylic acids is 1. The lowest BCUT2D eigenvalue weighted by Gasteiger charge is -2.43. The Kier molecular flexibility index (Phi) is 2.75. The fourth-order valence-corrected chi connectivity index (χ4v) is 2.87. The molecule has 0 aromatic heterocycles. The number of piperidine rings is 1. The third kappa shape index (κ3) is 1.57. The largest absolute Gasteiger partial charge is 0.353 e. The van der Waals surface area contributed by atoms with Gasteiger partial charge >= 0.3 is 0 Å². The Hall–Kier alpha value is -0.570. The van der Waals surface area contributed by atoms with Gasteiger partial charge in [-0.2, -0.15) is 0 Å². The van der Waals surface area contributed by atoms with Gasteiger partial charge in [-0.1, -0.05) is 20.8 Å². The average Bonchev–Trinajstić information content (AvgIpc) is 2.59. The summed E-state index contributed by atoms with van der Waals surface area (Å²) < 4.78 is 5.94. The number of fused-ring (bicyclic) bond motifs is 1. The molecule has 2 heterocycles. The van der Waals surface area contributed by atoms with Crippen molar-refractivity contribution >= 4 is 5.91 Å². The van der Waals surface area contributed by atoms with Crippen molar-refractivity contribution in [2.45, 2.75) is 58.2 Å². The first-order chi connectivity index (χ1) is 7.10. The zero-order valence-corrected chi connectivity index (χ0v) is 9.95. The summed E-state index contributed by atoms with van der Waals surface area (Å²) in [6.07, 6.45) is 3.61. The van der Waals surface area contributed by atoms with E-state index < -0.39 is 0 Å². The monoisotopic (exact) mass is 211 g/mol. The number of hydrogen-bond acceptors (Lipinski definition) is 2. The first kappa shape index (κ1) is 10.9. The van der Waals surface area contributed by atoms with Crippen LogP contribution in [0.2, 0.25) is 0 Å². The van der Waals surface area contributed by atoms with Crippen molar-refractivity contribution < 1.29 is 9.53 Å². The molecule has 0 saturated carbocycles. The van der Waals surface area contributed by atoms with Crippen LogP contribution in [0.1, 0.15) is 46.5 Å². The van der Waals surface area contributed by atoms with Crippen LogP contribution in [0.25, 0.3) is 0 Å². The second-order valence-corrected chi connectivity index (χ2v) is 5.04. The molecule has 86 valence electrons. The highest BCUT2D eigenvalue weighted by atomic mass is 16.5. The van der Waals surface area contributed by atoms with E-state index in [1.807, 2.05) is 4.90 Å². The van der Waals surface area contributed by atoms with Gasteiger partial charge in [0.15, 0.2) is 0 Å².